The largest absolute Gasteiger partial charge is 0.339 e. The van der Waals surface area contributed by atoms with Crippen molar-refractivity contribution in [3.63, 3.8) is 0 Å². The van der Waals surface area contributed by atoms with Crippen molar-refractivity contribution in [1.29, 1.82) is 0 Å². The molecule has 2 fully saturated rings. The number of carbonyl (C=O) groups excluding carboxylic acids is 1. The molecular formula is C12H20BrNO. The molecule has 2 nitrogen and oxygen atoms in total. The van der Waals surface area contributed by atoms with Gasteiger partial charge in [-0.05, 0) is 32.1 Å². The van der Waals surface area contributed by atoms with Crippen molar-refractivity contribution in [2.75, 3.05) is 11.9 Å². The first-order valence-corrected chi connectivity index (χ1v) is 7.31. The molecule has 2 rings (SSSR count). The van der Waals surface area contributed by atoms with Gasteiger partial charge in [0, 0.05) is 23.8 Å². The zero-order valence-corrected chi connectivity index (χ0v) is 10.8. The van der Waals surface area contributed by atoms with Crippen molar-refractivity contribution in [2.45, 2.75) is 51.0 Å². The van der Waals surface area contributed by atoms with Gasteiger partial charge in [-0.15, -0.1) is 0 Å². The molecule has 2 aliphatic rings. The van der Waals surface area contributed by atoms with Crippen LogP contribution >= 0.6 is 15.9 Å². The van der Waals surface area contributed by atoms with E-state index in [9.17, 15) is 4.79 Å². The number of alkyl halides is 1. The van der Waals surface area contributed by atoms with E-state index in [4.69, 9.17) is 0 Å². The molecular weight excluding hydrogens is 254 g/mol. The van der Waals surface area contributed by atoms with Crippen LogP contribution in [-0.4, -0.2) is 28.7 Å². The van der Waals surface area contributed by atoms with Crippen molar-refractivity contribution in [3.8, 4) is 0 Å². The molecule has 1 aliphatic heterocycles. The normalized spacial score (nSPS) is 28.3. The van der Waals surface area contributed by atoms with Gasteiger partial charge in [-0.25, -0.2) is 0 Å². The fraction of sp³-hybridized carbons (Fsp3) is 0.917. The molecule has 15 heavy (non-hydrogen) atoms. The second-order valence-corrected chi connectivity index (χ2v) is 5.46. The Morgan fingerprint density at radius 3 is 2.47 bits per heavy atom. The molecule has 0 N–H and O–H groups in total. The topological polar surface area (TPSA) is 20.3 Å². The second-order valence-electron chi connectivity index (χ2n) is 4.82. The van der Waals surface area contributed by atoms with E-state index in [1.807, 2.05) is 0 Å². The molecule has 1 saturated heterocycles. The fourth-order valence-corrected chi connectivity index (χ4v) is 3.53. The molecule has 0 spiro atoms. The van der Waals surface area contributed by atoms with Crippen molar-refractivity contribution in [1.82, 2.24) is 4.90 Å². The summed E-state index contributed by atoms with van der Waals surface area (Å²) in [6, 6.07) is 0.465. The van der Waals surface area contributed by atoms with Gasteiger partial charge < -0.3 is 4.90 Å². The number of amides is 1. The molecule has 1 saturated carbocycles. The zero-order chi connectivity index (χ0) is 10.7. The van der Waals surface area contributed by atoms with Crippen molar-refractivity contribution < 1.29 is 4.79 Å². The Kier molecular flexibility index (Phi) is 4.06. The number of hydrogen-bond donors (Lipinski definition) is 0. The standard InChI is InChI=1S/C12H20BrNO/c13-9-11-7-3-4-8-14(11)12(15)10-5-1-2-6-10/h10-11H,1-9H2. The third-order valence-corrected chi connectivity index (χ3v) is 4.54. The molecule has 0 aromatic rings. The van der Waals surface area contributed by atoms with Gasteiger partial charge in [0.1, 0.15) is 0 Å². The summed E-state index contributed by atoms with van der Waals surface area (Å²) in [5.41, 5.74) is 0. The van der Waals surface area contributed by atoms with E-state index in [0.29, 0.717) is 17.9 Å². The number of carbonyl (C=O) groups is 1. The highest BCUT2D eigenvalue weighted by Gasteiger charge is 2.32. The average Bonchev–Trinajstić information content (AvgIpc) is 2.81. The Balaban J connectivity index is 1.96. The summed E-state index contributed by atoms with van der Waals surface area (Å²) in [6.07, 6.45) is 8.43. The summed E-state index contributed by atoms with van der Waals surface area (Å²) >= 11 is 3.53. The van der Waals surface area contributed by atoms with E-state index >= 15 is 0 Å². The van der Waals surface area contributed by atoms with Crippen molar-refractivity contribution >= 4 is 21.8 Å². The molecule has 1 atom stereocenters. The minimum Gasteiger partial charge on any atom is -0.339 e. The van der Waals surface area contributed by atoms with E-state index in [1.54, 1.807) is 0 Å². The predicted molar refractivity (Wildman–Crippen MR) is 65.1 cm³/mol. The van der Waals surface area contributed by atoms with Crippen molar-refractivity contribution in [2.24, 2.45) is 5.92 Å². The number of rotatable bonds is 2. The average molecular weight is 274 g/mol. The SMILES string of the molecule is O=C(C1CCCC1)N1CCCCC1CBr. The minimum absolute atomic E-state index is 0.352. The Morgan fingerprint density at radius 2 is 1.80 bits per heavy atom. The highest BCUT2D eigenvalue weighted by molar-refractivity contribution is 9.09. The number of nitrogens with zero attached hydrogens (tertiary/aromatic N) is 1. The smallest absolute Gasteiger partial charge is 0.225 e. The molecule has 0 bridgehead atoms. The first-order valence-electron chi connectivity index (χ1n) is 6.19. The van der Waals surface area contributed by atoms with Crippen LogP contribution < -0.4 is 0 Å². The maximum Gasteiger partial charge on any atom is 0.225 e. The lowest BCUT2D eigenvalue weighted by molar-refractivity contribution is -0.138. The molecule has 3 heteroatoms. The second kappa shape index (κ2) is 5.33. The first-order chi connectivity index (χ1) is 7.33. The summed E-state index contributed by atoms with van der Waals surface area (Å²) < 4.78 is 0. The lowest BCUT2D eigenvalue weighted by Crippen LogP contribution is -2.46. The Hall–Kier alpha value is -0.0500. The maximum atomic E-state index is 12.3. The number of halogens is 1. The molecule has 0 radical (unpaired) electrons. The summed E-state index contributed by atoms with van der Waals surface area (Å²) in [7, 11) is 0. The van der Waals surface area contributed by atoms with Crippen LogP contribution in [0.1, 0.15) is 44.9 Å². The third-order valence-electron chi connectivity index (χ3n) is 3.79. The summed E-state index contributed by atoms with van der Waals surface area (Å²) in [4.78, 5) is 14.4. The van der Waals surface area contributed by atoms with Gasteiger partial charge in [0.15, 0.2) is 0 Å². The summed E-state index contributed by atoms with van der Waals surface area (Å²) in [6.45, 7) is 0.992. The van der Waals surface area contributed by atoms with Gasteiger partial charge >= 0.3 is 0 Å². The number of likely N-dealkylation sites (tertiary alicyclic amines) is 1. The lowest BCUT2D eigenvalue weighted by Gasteiger charge is -2.36. The molecule has 0 aromatic carbocycles. The summed E-state index contributed by atoms with van der Waals surface area (Å²) in [5.74, 6) is 0.793. The number of piperidine rings is 1. The van der Waals surface area contributed by atoms with Gasteiger partial charge in [0.2, 0.25) is 5.91 Å². The number of hydrogen-bond acceptors (Lipinski definition) is 1. The predicted octanol–water partition coefficient (Wildman–Crippen LogP) is 2.95. The maximum absolute atomic E-state index is 12.3. The van der Waals surface area contributed by atoms with E-state index < -0.39 is 0 Å². The van der Waals surface area contributed by atoms with Crippen LogP contribution in [0.15, 0.2) is 0 Å². The van der Waals surface area contributed by atoms with Crippen LogP contribution in [0.4, 0.5) is 0 Å². The molecule has 1 heterocycles. The van der Waals surface area contributed by atoms with E-state index in [2.05, 4.69) is 20.8 Å². The Labute approximate surface area is 101 Å². The molecule has 0 aromatic heterocycles. The molecule has 1 amide bonds. The molecule has 86 valence electrons. The Morgan fingerprint density at radius 1 is 1.13 bits per heavy atom. The van der Waals surface area contributed by atoms with Gasteiger partial charge in [0.25, 0.3) is 0 Å². The van der Waals surface area contributed by atoms with Crippen LogP contribution in [0.3, 0.4) is 0 Å². The van der Waals surface area contributed by atoms with Crippen LogP contribution in [0, 0.1) is 5.92 Å². The highest BCUT2D eigenvalue weighted by Crippen LogP contribution is 2.29. The minimum atomic E-state index is 0.352. The van der Waals surface area contributed by atoms with Gasteiger partial charge in [0.05, 0.1) is 0 Å². The quantitative estimate of drug-likeness (QED) is 0.709. The van der Waals surface area contributed by atoms with Crippen LogP contribution in [0.25, 0.3) is 0 Å². The van der Waals surface area contributed by atoms with Crippen LogP contribution in [0.5, 0.6) is 0 Å². The van der Waals surface area contributed by atoms with E-state index in [-0.39, 0.29) is 0 Å². The Bertz CT molecular complexity index is 226. The van der Waals surface area contributed by atoms with E-state index in [0.717, 1.165) is 24.7 Å². The van der Waals surface area contributed by atoms with Gasteiger partial charge in [-0.2, -0.15) is 0 Å². The van der Waals surface area contributed by atoms with E-state index in [1.165, 1.54) is 32.1 Å². The van der Waals surface area contributed by atoms with Crippen LogP contribution in [-0.2, 0) is 4.79 Å². The lowest BCUT2D eigenvalue weighted by atomic mass is 9.99. The van der Waals surface area contributed by atoms with Gasteiger partial charge in [-0.1, -0.05) is 28.8 Å². The fourth-order valence-electron chi connectivity index (χ4n) is 2.86. The molecule has 1 unspecified atom stereocenters. The molecule has 1 aliphatic carbocycles. The van der Waals surface area contributed by atoms with Crippen molar-refractivity contribution in [3.05, 3.63) is 0 Å². The summed E-state index contributed by atoms with van der Waals surface area (Å²) in [5, 5.41) is 0.950. The zero-order valence-electron chi connectivity index (χ0n) is 9.25. The van der Waals surface area contributed by atoms with Crippen LogP contribution in [0.2, 0.25) is 0 Å². The third kappa shape index (κ3) is 2.55. The first kappa shape index (κ1) is 11.4. The monoisotopic (exact) mass is 273 g/mol. The highest BCUT2D eigenvalue weighted by atomic mass is 79.9. The van der Waals surface area contributed by atoms with Gasteiger partial charge in [-0.3, -0.25) is 4.79 Å².